The highest BCUT2D eigenvalue weighted by molar-refractivity contribution is 7.26. The summed E-state index contributed by atoms with van der Waals surface area (Å²) in [5.41, 5.74) is 11.2. The smallest absolute Gasteiger partial charge is 0.0541 e. The van der Waals surface area contributed by atoms with Gasteiger partial charge in [-0.3, -0.25) is 0 Å². The van der Waals surface area contributed by atoms with Crippen molar-refractivity contribution in [3.05, 3.63) is 200 Å². The molecule has 4 heterocycles. The number of nitrogens with one attached hydrogen (secondary N) is 1. The molecule has 0 aliphatic carbocycles. The van der Waals surface area contributed by atoms with E-state index in [1.165, 1.54) is 112 Å². The Morgan fingerprint density at radius 2 is 0.828 bits per heavy atom. The standard InChI is InChI=1S/C30H19NS.C24H15NS/c1-2-9-21(10-3-1)31-27-15-6-4-11-23(27)26-19-20(17-18-28(26)31)22-13-8-14-25-24-12-5-7-16-29(24)32-30(22)25;1-3-10-21-17(6-1)20-14-15(12-13-22(20)25-21)16-8-5-9-19-18-7-2-4-11-23(18)26-24(16)19/h1-19H;1-14,25H. The van der Waals surface area contributed by atoms with E-state index < -0.39 is 0 Å². The highest BCUT2D eigenvalue weighted by atomic mass is 32.1. The van der Waals surface area contributed by atoms with Crippen molar-refractivity contribution in [2.45, 2.75) is 0 Å². The minimum Gasteiger partial charge on any atom is -0.355 e. The molecule has 0 aliphatic heterocycles. The number of para-hydroxylation sites is 3. The van der Waals surface area contributed by atoms with Crippen LogP contribution < -0.4 is 0 Å². The molecule has 0 aliphatic rings. The predicted octanol–water partition coefficient (Wildman–Crippen LogP) is 16.2. The second-order valence-corrected chi connectivity index (χ2v) is 17.0. The molecule has 0 saturated carbocycles. The SMILES string of the molecule is c1ccc(-n2c3ccccc3c3cc(-c4cccc5c4sc4ccccc45)ccc32)cc1.c1ccc2c(c1)[nH]c1ccc(-c3cccc4c3sc3ccccc34)cc12. The molecule has 272 valence electrons. The van der Waals surface area contributed by atoms with E-state index in [1.807, 2.05) is 22.7 Å². The van der Waals surface area contributed by atoms with Crippen molar-refractivity contribution in [3.8, 4) is 27.9 Å². The largest absolute Gasteiger partial charge is 0.355 e. The van der Waals surface area contributed by atoms with Gasteiger partial charge in [-0.25, -0.2) is 0 Å². The lowest BCUT2D eigenvalue weighted by Gasteiger charge is -2.08. The molecule has 0 spiro atoms. The van der Waals surface area contributed by atoms with Crippen LogP contribution in [0.5, 0.6) is 0 Å². The summed E-state index contributed by atoms with van der Waals surface area (Å²) in [7, 11) is 0. The van der Waals surface area contributed by atoms with Gasteiger partial charge in [-0.1, -0.05) is 140 Å². The molecule has 0 amide bonds. The molecule has 4 aromatic heterocycles. The molecule has 0 bridgehead atoms. The maximum Gasteiger partial charge on any atom is 0.0541 e. The number of rotatable bonds is 3. The van der Waals surface area contributed by atoms with Crippen LogP contribution in [-0.2, 0) is 0 Å². The summed E-state index contributed by atoms with van der Waals surface area (Å²) in [5.74, 6) is 0. The molecule has 0 unspecified atom stereocenters. The zero-order valence-corrected chi connectivity index (χ0v) is 32.9. The number of hydrogen-bond donors (Lipinski definition) is 1. The van der Waals surface area contributed by atoms with Gasteiger partial charge < -0.3 is 9.55 Å². The van der Waals surface area contributed by atoms with Crippen molar-refractivity contribution in [2.24, 2.45) is 0 Å². The van der Waals surface area contributed by atoms with Crippen molar-refractivity contribution in [2.75, 3.05) is 0 Å². The Morgan fingerprint density at radius 1 is 0.328 bits per heavy atom. The second-order valence-electron chi connectivity index (χ2n) is 14.9. The van der Waals surface area contributed by atoms with Crippen LogP contribution in [0.3, 0.4) is 0 Å². The summed E-state index contributed by atoms with van der Waals surface area (Å²) in [6.45, 7) is 0. The Balaban J connectivity index is 0.000000129. The fourth-order valence-electron chi connectivity index (χ4n) is 8.96. The summed E-state index contributed by atoms with van der Waals surface area (Å²) in [6.07, 6.45) is 0. The maximum absolute atomic E-state index is 3.52. The van der Waals surface area contributed by atoms with Crippen molar-refractivity contribution in [3.63, 3.8) is 0 Å². The Labute approximate surface area is 342 Å². The average molecular weight is 775 g/mol. The molecule has 1 N–H and O–H groups in total. The Hall–Kier alpha value is -6.98. The number of thiophene rings is 2. The van der Waals surface area contributed by atoms with Crippen molar-refractivity contribution in [1.82, 2.24) is 9.55 Å². The Bertz CT molecular complexity index is 3690. The molecule has 9 aromatic carbocycles. The molecule has 0 fully saturated rings. The third-order valence-electron chi connectivity index (χ3n) is 11.6. The fourth-order valence-corrected chi connectivity index (χ4v) is 11.4. The average Bonchev–Trinajstić information content (AvgIpc) is 4.05. The number of aromatic nitrogens is 2. The molecule has 0 atom stereocenters. The second kappa shape index (κ2) is 13.3. The number of H-pyrrole nitrogens is 1. The van der Waals surface area contributed by atoms with E-state index >= 15 is 0 Å². The third-order valence-corrected chi connectivity index (χ3v) is 14.1. The topological polar surface area (TPSA) is 20.7 Å². The summed E-state index contributed by atoms with van der Waals surface area (Å²) in [5, 5.41) is 10.5. The van der Waals surface area contributed by atoms with Gasteiger partial charge in [0, 0.05) is 78.6 Å². The highest BCUT2D eigenvalue weighted by Crippen LogP contribution is 2.43. The lowest BCUT2D eigenvalue weighted by molar-refractivity contribution is 1.18. The molecule has 13 rings (SSSR count). The van der Waals surface area contributed by atoms with Crippen LogP contribution in [0.4, 0.5) is 0 Å². The first-order valence-corrected chi connectivity index (χ1v) is 21.3. The van der Waals surface area contributed by atoms with Crippen LogP contribution in [0.15, 0.2) is 200 Å². The lowest BCUT2D eigenvalue weighted by atomic mass is 10.0. The van der Waals surface area contributed by atoms with Crippen LogP contribution in [0.1, 0.15) is 0 Å². The summed E-state index contributed by atoms with van der Waals surface area (Å²) in [4.78, 5) is 3.52. The van der Waals surface area contributed by atoms with Crippen molar-refractivity contribution in [1.29, 1.82) is 0 Å². The summed E-state index contributed by atoms with van der Waals surface area (Å²) < 4.78 is 7.79. The molecular formula is C54H34N2S2. The predicted molar refractivity (Wildman–Crippen MR) is 253 cm³/mol. The van der Waals surface area contributed by atoms with E-state index in [-0.39, 0.29) is 0 Å². The van der Waals surface area contributed by atoms with Gasteiger partial charge in [0.1, 0.15) is 0 Å². The first kappa shape index (κ1) is 33.2. The maximum atomic E-state index is 3.52. The number of hydrogen-bond acceptors (Lipinski definition) is 2. The van der Waals surface area contributed by atoms with Gasteiger partial charge in [-0.05, 0) is 82.9 Å². The molecule has 0 radical (unpaired) electrons. The Morgan fingerprint density at radius 3 is 1.52 bits per heavy atom. The first-order valence-electron chi connectivity index (χ1n) is 19.7. The van der Waals surface area contributed by atoms with Gasteiger partial charge in [-0.2, -0.15) is 0 Å². The minimum absolute atomic E-state index is 1.19. The van der Waals surface area contributed by atoms with E-state index in [0.29, 0.717) is 0 Å². The molecule has 4 heteroatoms. The highest BCUT2D eigenvalue weighted by Gasteiger charge is 2.16. The van der Waals surface area contributed by atoms with Gasteiger partial charge in [0.05, 0.1) is 11.0 Å². The molecule has 13 aromatic rings. The fraction of sp³-hybridized carbons (Fsp3) is 0. The van der Waals surface area contributed by atoms with Gasteiger partial charge in [0.25, 0.3) is 0 Å². The normalized spacial score (nSPS) is 11.8. The number of nitrogens with zero attached hydrogens (tertiary/aromatic N) is 1. The molecule has 0 saturated heterocycles. The van der Waals surface area contributed by atoms with E-state index in [0.717, 1.165) is 0 Å². The minimum atomic E-state index is 1.19. The van der Waals surface area contributed by atoms with Crippen molar-refractivity contribution < 1.29 is 0 Å². The zero-order valence-electron chi connectivity index (χ0n) is 31.3. The van der Waals surface area contributed by atoms with Crippen LogP contribution in [0, 0.1) is 0 Å². The van der Waals surface area contributed by atoms with E-state index in [9.17, 15) is 0 Å². The van der Waals surface area contributed by atoms with Gasteiger partial charge in [-0.15, -0.1) is 22.7 Å². The van der Waals surface area contributed by atoms with Crippen LogP contribution in [0.2, 0.25) is 0 Å². The summed E-state index contributed by atoms with van der Waals surface area (Å²) in [6, 6.07) is 72.3. The lowest BCUT2D eigenvalue weighted by Crippen LogP contribution is -1.92. The monoisotopic (exact) mass is 774 g/mol. The Kier molecular flexibility index (Phi) is 7.62. The third kappa shape index (κ3) is 5.23. The molecule has 58 heavy (non-hydrogen) atoms. The summed E-state index contributed by atoms with van der Waals surface area (Å²) >= 11 is 3.78. The van der Waals surface area contributed by atoms with Crippen LogP contribution in [-0.4, -0.2) is 9.55 Å². The van der Waals surface area contributed by atoms with E-state index in [4.69, 9.17) is 0 Å². The van der Waals surface area contributed by atoms with Gasteiger partial charge in [0.2, 0.25) is 0 Å². The quantitative estimate of drug-likeness (QED) is 0.185. The number of benzene rings is 9. The number of aromatic amines is 1. The van der Waals surface area contributed by atoms with Gasteiger partial charge >= 0.3 is 0 Å². The van der Waals surface area contributed by atoms with E-state index in [2.05, 4.69) is 210 Å². The zero-order chi connectivity index (χ0) is 38.2. The van der Waals surface area contributed by atoms with Crippen LogP contribution >= 0.6 is 22.7 Å². The van der Waals surface area contributed by atoms with E-state index in [1.54, 1.807) is 0 Å². The van der Waals surface area contributed by atoms with Crippen LogP contribution in [0.25, 0.3) is 112 Å². The molecule has 2 nitrogen and oxygen atoms in total. The van der Waals surface area contributed by atoms with Gasteiger partial charge in [0.15, 0.2) is 0 Å². The van der Waals surface area contributed by atoms with Crippen molar-refractivity contribution >= 4 is 107 Å². The number of fused-ring (bicyclic) bond motifs is 12. The molecular weight excluding hydrogens is 741 g/mol. The first-order chi connectivity index (χ1) is 28.8.